The molecule has 52 valence electrons. The first-order valence-electron chi connectivity index (χ1n) is 2.72. The van der Waals surface area contributed by atoms with Crippen molar-refractivity contribution in [1.29, 1.82) is 0 Å². The molecule has 0 heterocycles. The van der Waals surface area contributed by atoms with Gasteiger partial charge in [-0.2, -0.15) is 0 Å². The summed E-state index contributed by atoms with van der Waals surface area (Å²) < 4.78 is 0. The molecule has 0 saturated heterocycles. The van der Waals surface area contributed by atoms with E-state index in [9.17, 15) is 4.89 Å². The maximum absolute atomic E-state index is 10.7. The van der Waals surface area contributed by atoms with Crippen LogP contribution < -0.4 is 10.2 Å². The van der Waals surface area contributed by atoms with Gasteiger partial charge in [-0.3, -0.25) is 0 Å². The summed E-state index contributed by atoms with van der Waals surface area (Å²) in [5.74, 6) is 0. The standard InChI is InChI=1S/C6H6NO2P/c8-7-10(9)6-4-2-1-3-5-6/h1-5,8H. The summed E-state index contributed by atoms with van der Waals surface area (Å²) in [5.41, 5.74) is 0. The van der Waals surface area contributed by atoms with Gasteiger partial charge in [0.15, 0.2) is 5.30 Å². The molecule has 1 aromatic carbocycles. The first-order valence-corrected chi connectivity index (χ1v) is 3.93. The summed E-state index contributed by atoms with van der Waals surface area (Å²) >= 11 is 0. The second kappa shape index (κ2) is 3.42. The first-order chi connectivity index (χ1) is 4.84. The van der Waals surface area contributed by atoms with Crippen LogP contribution in [-0.2, 0) is 0 Å². The molecule has 0 amide bonds. The van der Waals surface area contributed by atoms with E-state index in [1.54, 1.807) is 24.3 Å². The van der Waals surface area contributed by atoms with Gasteiger partial charge in [0.05, 0.1) is 4.91 Å². The van der Waals surface area contributed by atoms with Crippen molar-refractivity contribution in [2.24, 2.45) is 4.91 Å². The van der Waals surface area contributed by atoms with Gasteiger partial charge in [-0.15, -0.1) is 0 Å². The van der Waals surface area contributed by atoms with Crippen LogP contribution in [-0.4, -0.2) is 5.21 Å². The monoisotopic (exact) mass is 155 g/mol. The average molecular weight is 155 g/mol. The number of hydrogen-bond acceptors (Lipinski definition) is 2. The Balaban J connectivity index is 2.96. The van der Waals surface area contributed by atoms with E-state index in [0.717, 1.165) is 0 Å². The summed E-state index contributed by atoms with van der Waals surface area (Å²) in [5, 5.41) is 8.67. The van der Waals surface area contributed by atoms with Gasteiger partial charge in [-0.05, 0) is 12.1 Å². The Morgan fingerprint density at radius 1 is 1.30 bits per heavy atom. The molecule has 0 aromatic heterocycles. The second-order valence-corrected chi connectivity index (χ2v) is 2.94. The summed E-state index contributed by atoms with van der Waals surface area (Å²) in [7, 11) is -1.94. The minimum absolute atomic E-state index is 0.542. The normalized spacial score (nSPS) is 11.6. The lowest BCUT2D eigenvalue weighted by atomic mass is 10.4. The van der Waals surface area contributed by atoms with Crippen molar-refractivity contribution in [2.75, 3.05) is 0 Å². The molecule has 0 saturated carbocycles. The molecule has 10 heavy (non-hydrogen) atoms. The molecule has 3 nitrogen and oxygen atoms in total. The lowest BCUT2D eigenvalue weighted by Crippen LogP contribution is -2.02. The van der Waals surface area contributed by atoms with Crippen LogP contribution in [0.2, 0.25) is 0 Å². The van der Waals surface area contributed by atoms with E-state index in [1.165, 1.54) is 0 Å². The maximum Gasteiger partial charge on any atom is 0.240 e. The fourth-order valence-corrected chi connectivity index (χ4v) is 1.14. The van der Waals surface area contributed by atoms with Gasteiger partial charge < -0.3 is 4.89 Å². The number of benzene rings is 1. The van der Waals surface area contributed by atoms with Crippen LogP contribution in [0.25, 0.3) is 0 Å². The molecule has 1 atom stereocenters. The summed E-state index contributed by atoms with van der Waals surface area (Å²) in [4.78, 5) is 13.4. The lowest BCUT2D eigenvalue weighted by Gasteiger charge is -1.89. The van der Waals surface area contributed by atoms with E-state index in [-0.39, 0.29) is 0 Å². The third kappa shape index (κ3) is 1.61. The fourth-order valence-electron chi connectivity index (χ4n) is 0.607. The topological polar surface area (TPSA) is 55.7 Å². The van der Waals surface area contributed by atoms with Crippen molar-refractivity contribution in [3.63, 3.8) is 0 Å². The summed E-state index contributed by atoms with van der Waals surface area (Å²) in [6, 6.07) is 8.60. The van der Waals surface area contributed by atoms with E-state index in [0.29, 0.717) is 5.30 Å². The van der Waals surface area contributed by atoms with Crippen molar-refractivity contribution in [2.45, 2.75) is 0 Å². The van der Waals surface area contributed by atoms with Crippen molar-refractivity contribution in [3.8, 4) is 0 Å². The Labute approximate surface area is 59.5 Å². The third-order valence-corrected chi connectivity index (χ3v) is 1.96. The van der Waals surface area contributed by atoms with Crippen LogP contribution in [0.4, 0.5) is 0 Å². The predicted octanol–water partition coefficient (Wildman–Crippen LogP) is 0.642. The van der Waals surface area contributed by atoms with Gasteiger partial charge in [-0.1, -0.05) is 18.2 Å². The van der Waals surface area contributed by atoms with E-state index in [4.69, 9.17) is 5.21 Å². The Bertz CT molecular complexity index is 235. The molecule has 1 N–H and O–H groups in total. The molecule has 0 spiro atoms. The molecule has 0 aliphatic carbocycles. The van der Waals surface area contributed by atoms with Gasteiger partial charge in [0.25, 0.3) is 0 Å². The molecular weight excluding hydrogens is 149 g/mol. The largest absolute Gasteiger partial charge is 0.605 e. The average Bonchev–Trinajstić information content (AvgIpc) is 2.05. The molecule has 0 aliphatic rings. The van der Waals surface area contributed by atoms with Crippen LogP contribution in [0.3, 0.4) is 0 Å². The van der Waals surface area contributed by atoms with Crippen LogP contribution >= 0.6 is 7.94 Å². The number of hydrogen-bond donors (Lipinski definition) is 1. The van der Waals surface area contributed by atoms with Crippen molar-refractivity contribution in [1.82, 2.24) is 0 Å². The molecular formula is C6H6NO2P. The van der Waals surface area contributed by atoms with E-state index >= 15 is 0 Å². The molecule has 0 fully saturated rings. The van der Waals surface area contributed by atoms with Gasteiger partial charge in [0, 0.05) is 0 Å². The lowest BCUT2D eigenvalue weighted by molar-refractivity contribution is -0.154. The zero-order chi connectivity index (χ0) is 7.40. The van der Waals surface area contributed by atoms with Gasteiger partial charge in [0.2, 0.25) is 7.94 Å². The van der Waals surface area contributed by atoms with Crippen molar-refractivity contribution >= 4 is 13.2 Å². The van der Waals surface area contributed by atoms with Gasteiger partial charge in [0.1, 0.15) is 0 Å². The smallest absolute Gasteiger partial charge is 0.240 e. The highest BCUT2D eigenvalue weighted by molar-refractivity contribution is 7.48. The van der Waals surface area contributed by atoms with Crippen LogP contribution in [0.1, 0.15) is 0 Å². The summed E-state index contributed by atoms with van der Waals surface area (Å²) in [6.07, 6.45) is 0. The van der Waals surface area contributed by atoms with Gasteiger partial charge in [-0.25, -0.2) is 5.21 Å². The Hall–Kier alpha value is -0.760. The van der Waals surface area contributed by atoms with Gasteiger partial charge >= 0.3 is 0 Å². The Morgan fingerprint density at radius 3 is 2.40 bits per heavy atom. The van der Waals surface area contributed by atoms with Crippen LogP contribution in [0, 0.1) is 0 Å². The highest BCUT2D eigenvalue weighted by Crippen LogP contribution is 2.10. The fraction of sp³-hybridized carbons (Fsp3) is 0. The third-order valence-electron chi connectivity index (χ3n) is 1.06. The van der Waals surface area contributed by atoms with E-state index < -0.39 is 7.94 Å². The molecule has 4 heteroatoms. The maximum atomic E-state index is 10.7. The van der Waals surface area contributed by atoms with E-state index in [2.05, 4.69) is 4.91 Å². The molecule has 0 aliphatic heterocycles. The SMILES string of the molecule is [O-][P+](=NO)c1ccccc1. The predicted molar refractivity (Wildman–Crippen MR) is 37.2 cm³/mol. The molecule has 0 bridgehead atoms. The zero-order valence-electron chi connectivity index (χ0n) is 5.14. The summed E-state index contributed by atoms with van der Waals surface area (Å²) in [6.45, 7) is 0. The van der Waals surface area contributed by atoms with Crippen LogP contribution in [0.5, 0.6) is 0 Å². The highest BCUT2D eigenvalue weighted by Gasteiger charge is 2.00. The number of rotatable bonds is 1. The minimum atomic E-state index is -1.94. The van der Waals surface area contributed by atoms with E-state index in [1.807, 2.05) is 6.07 Å². The molecule has 1 aromatic rings. The van der Waals surface area contributed by atoms with Crippen molar-refractivity contribution < 1.29 is 10.1 Å². The zero-order valence-corrected chi connectivity index (χ0v) is 6.03. The second-order valence-electron chi connectivity index (χ2n) is 1.70. The Morgan fingerprint density at radius 2 is 1.90 bits per heavy atom. The van der Waals surface area contributed by atoms with Crippen LogP contribution in [0.15, 0.2) is 35.2 Å². The molecule has 1 rings (SSSR count). The first kappa shape index (κ1) is 7.35. The van der Waals surface area contributed by atoms with Crippen molar-refractivity contribution in [3.05, 3.63) is 30.3 Å². The Kier molecular flexibility index (Phi) is 2.51. The number of nitrogens with zero attached hydrogens (tertiary/aromatic N) is 1. The quantitative estimate of drug-likeness (QED) is 0.478. The highest BCUT2D eigenvalue weighted by atomic mass is 31.1. The minimum Gasteiger partial charge on any atom is -0.605 e. The molecule has 1 unspecified atom stereocenters. The molecule has 0 radical (unpaired) electrons.